The zero-order chi connectivity index (χ0) is 44.3. The maximum absolute atomic E-state index is 12.9. The monoisotopic (exact) mass is 866 g/mol. The van der Waals surface area contributed by atoms with E-state index in [1.807, 2.05) is 21.1 Å². The van der Waals surface area contributed by atoms with E-state index in [1.54, 1.807) is 0 Å². The number of allylic oxidation sites excluding steroid dienone is 8. The number of hydrogen-bond acceptors (Lipinski definition) is 5. The van der Waals surface area contributed by atoms with Gasteiger partial charge in [-0.25, -0.2) is 4.57 Å². The Morgan fingerprint density at radius 2 is 1.00 bits per heavy atom. The van der Waals surface area contributed by atoms with Crippen LogP contribution in [0.25, 0.3) is 0 Å². The normalized spacial score (nSPS) is 14.6. The van der Waals surface area contributed by atoms with Crippen LogP contribution >= 0.6 is 7.82 Å². The van der Waals surface area contributed by atoms with Crippen molar-refractivity contribution in [2.45, 2.75) is 231 Å². The number of carbonyl (C=O) groups is 1. The summed E-state index contributed by atoms with van der Waals surface area (Å²) >= 11 is 0. The number of amides is 1. The van der Waals surface area contributed by atoms with Gasteiger partial charge in [-0.05, 0) is 51.4 Å². The number of carbonyl (C=O) groups excluding carboxylic acids is 1. The van der Waals surface area contributed by atoms with Gasteiger partial charge in [0.25, 0.3) is 0 Å². The van der Waals surface area contributed by atoms with Crippen LogP contribution in [0.4, 0.5) is 0 Å². The standard InChI is InChI=1S/C51H97N2O6P/c1-6-8-10-12-14-16-18-20-22-23-24-25-26-27-28-29-31-32-34-36-38-40-42-44-50(54)49(48-59-60(56,57)58-47-46-53(3,4)5)52-51(55)45-43-41-39-37-35-33-30-21-19-17-15-13-11-9-7-2/h9,11,15,17,21,30,35,37,49-50,54H,6-8,10,12-14,16,18-20,22-29,31-34,36,38-48H2,1-5H3,(H-,52,55,56,57)/p+1/b11-9-,17-15-,30-21-,37-35-. The molecule has 0 radical (unpaired) electrons. The van der Waals surface area contributed by atoms with E-state index in [-0.39, 0.29) is 19.1 Å². The van der Waals surface area contributed by atoms with Crippen molar-refractivity contribution in [2.24, 2.45) is 0 Å². The SMILES string of the molecule is CC/C=C\C/C=C\C/C=C\C/C=C\CCCCC(=O)NC(COP(=O)(O)OCC[N+](C)(C)C)C(O)CCCCCCCCCCCCCCCCCCCCCCCCC. The number of nitrogens with one attached hydrogen (secondary N) is 1. The second-order valence-corrected chi connectivity index (χ2v) is 19.6. The molecule has 0 heterocycles. The van der Waals surface area contributed by atoms with Crippen molar-refractivity contribution in [1.29, 1.82) is 0 Å². The third-order valence-corrected chi connectivity index (χ3v) is 12.1. The van der Waals surface area contributed by atoms with E-state index in [4.69, 9.17) is 9.05 Å². The third-order valence-electron chi connectivity index (χ3n) is 11.1. The molecule has 0 aromatic rings. The molecule has 0 aliphatic carbocycles. The zero-order valence-electron chi connectivity index (χ0n) is 39.9. The van der Waals surface area contributed by atoms with Crippen LogP contribution in [0.15, 0.2) is 48.6 Å². The number of phosphoric acid groups is 1. The number of rotatable bonds is 45. The summed E-state index contributed by atoms with van der Waals surface area (Å²) in [5.74, 6) is -0.184. The smallest absolute Gasteiger partial charge is 0.391 e. The first-order chi connectivity index (χ1) is 29.0. The van der Waals surface area contributed by atoms with Gasteiger partial charge in [-0.3, -0.25) is 13.8 Å². The van der Waals surface area contributed by atoms with E-state index in [0.717, 1.165) is 64.2 Å². The van der Waals surface area contributed by atoms with Gasteiger partial charge in [0.1, 0.15) is 13.2 Å². The lowest BCUT2D eigenvalue weighted by molar-refractivity contribution is -0.870. The van der Waals surface area contributed by atoms with E-state index < -0.39 is 20.0 Å². The highest BCUT2D eigenvalue weighted by molar-refractivity contribution is 7.47. The average Bonchev–Trinajstić information content (AvgIpc) is 3.20. The number of aliphatic hydroxyl groups is 1. The molecule has 0 aliphatic heterocycles. The van der Waals surface area contributed by atoms with Crippen molar-refractivity contribution in [3.8, 4) is 0 Å². The van der Waals surface area contributed by atoms with Crippen molar-refractivity contribution in [2.75, 3.05) is 40.9 Å². The van der Waals surface area contributed by atoms with Crippen LogP contribution in [0.5, 0.6) is 0 Å². The van der Waals surface area contributed by atoms with E-state index in [0.29, 0.717) is 23.9 Å². The van der Waals surface area contributed by atoms with Gasteiger partial charge in [0, 0.05) is 6.42 Å². The molecule has 0 saturated heterocycles. The van der Waals surface area contributed by atoms with Gasteiger partial charge in [-0.2, -0.15) is 0 Å². The Labute approximate surface area is 371 Å². The van der Waals surface area contributed by atoms with Crippen molar-refractivity contribution in [3.05, 3.63) is 48.6 Å². The molecule has 0 aromatic carbocycles. The molecule has 3 atom stereocenters. The third kappa shape index (κ3) is 44.5. The maximum atomic E-state index is 12.9. The molecule has 0 aliphatic rings. The first-order valence-electron chi connectivity index (χ1n) is 25.0. The average molecular weight is 866 g/mol. The Morgan fingerprint density at radius 3 is 1.43 bits per heavy atom. The molecule has 1 amide bonds. The molecule has 0 spiro atoms. The Hall–Kier alpha value is -1.54. The highest BCUT2D eigenvalue weighted by Crippen LogP contribution is 2.43. The van der Waals surface area contributed by atoms with E-state index in [2.05, 4.69) is 67.8 Å². The maximum Gasteiger partial charge on any atom is 0.472 e. The largest absolute Gasteiger partial charge is 0.472 e. The Morgan fingerprint density at radius 1 is 0.583 bits per heavy atom. The van der Waals surface area contributed by atoms with Crippen LogP contribution in [-0.2, 0) is 18.4 Å². The summed E-state index contributed by atoms with van der Waals surface area (Å²) in [7, 11) is 1.59. The van der Waals surface area contributed by atoms with Crippen molar-refractivity contribution in [3.63, 3.8) is 0 Å². The van der Waals surface area contributed by atoms with E-state index >= 15 is 0 Å². The van der Waals surface area contributed by atoms with Gasteiger partial charge in [-0.15, -0.1) is 0 Å². The minimum atomic E-state index is -4.33. The van der Waals surface area contributed by atoms with Gasteiger partial charge in [0.05, 0.1) is 39.9 Å². The van der Waals surface area contributed by atoms with Gasteiger partial charge >= 0.3 is 7.82 Å². The van der Waals surface area contributed by atoms with Crippen LogP contribution in [0.1, 0.15) is 219 Å². The first-order valence-corrected chi connectivity index (χ1v) is 26.5. The van der Waals surface area contributed by atoms with Gasteiger partial charge in [0.2, 0.25) is 5.91 Å². The number of nitrogens with zero attached hydrogens (tertiary/aromatic N) is 1. The predicted molar refractivity (Wildman–Crippen MR) is 258 cm³/mol. The molecular formula is C51H98N2O6P+. The van der Waals surface area contributed by atoms with Crippen LogP contribution in [0.2, 0.25) is 0 Å². The van der Waals surface area contributed by atoms with Gasteiger partial charge < -0.3 is 19.8 Å². The molecule has 3 unspecified atom stereocenters. The number of unbranched alkanes of at least 4 members (excludes halogenated alkanes) is 24. The number of phosphoric ester groups is 1. The minimum Gasteiger partial charge on any atom is -0.391 e. The van der Waals surface area contributed by atoms with Crippen molar-refractivity contribution < 1.29 is 32.9 Å². The fraction of sp³-hybridized carbons (Fsp3) is 0.824. The zero-order valence-corrected chi connectivity index (χ0v) is 40.8. The molecule has 60 heavy (non-hydrogen) atoms. The number of aliphatic hydroxyl groups excluding tert-OH is 1. The minimum absolute atomic E-state index is 0.0651. The van der Waals surface area contributed by atoms with Gasteiger partial charge in [0.15, 0.2) is 0 Å². The second-order valence-electron chi connectivity index (χ2n) is 18.2. The molecule has 0 fully saturated rings. The Bertz CT molecular complexity index is 1120. The number of hydrogen-bond donors (Lipinski definition) is 3. The summed E-state index contributed by atoms with van der Waals surface area (Å²) in [6, 6.07) is -0.783. The lowest BCUT2D eigenvalue weighted by atomic mass is 10.0. The summed E-state index contributed by atoms with van der Waals surface area (Å²) in [4.78, 5) is 23.2. The van der Waals surface area contributed by atoms with Crippen LogP contribution in [0, 0.1) is 0 Å². The molecule has 8 nitrogen and oxygen atoms in total. The van der Waals surface area contributed by atoms with E-state index in [9.17, 15) is 19.4 Å². The van der Waals surface area contributed by atoms with Crippen LogP contribution < -0.4 is 5.32 Å². The van der Waals surface area contributed by atoms with Crippen LogP contribution in [-0.4, -0.2) is 73.4 Å². The summed E-state index contributed by atoms with van der Waals surface area (Å²) in [5, 5.41) is 14.0. The molecule has 0 saturated carbocycles. The summed E-state index contributed by atoms with van der Waals surface area (Å²) in [5.41, 5.74) is 0. The summed E-state index contributed by atoms with van der Waals surface area (Å²) in [6.07, 6.45) is 54.4. The summed E-state index contributed by atoms with van der Waals surface area (Å²) < 4.78 is 23.7. The predicted octanol–water partition coefficient (Wildman–Crippen LogP) is 14.4. The fourth-order valence-corrected chi connectivity index (χ4v) is 7.89. The Kier molecular flexibility index (Phi) is 41.6. The molecule has 3 N–H and O–H groups in total. The Balaban J connectivity index is 4.28. The molecule has 0 rings (SSSR count). The lowest BCUT2D eigenvalue weighted by Gasteiger charge is -2.26. The molecular weight excluding hydrogens is 768 g/mol. The number of quaternary nitrogens is 1. The quantitative estimate of drug-likeness (QED) is 0.0244. The molecule has 9 heteroatoms. The first kappa shape index (κ1) is 58.5. The topological polar surface area (TPSA) is 105 Å². The molecule has 0 aromatic heterocycles. The lowest BCUT2D eigenvalue weighted by Crippen LogP contribution is -2.46. The summed E-state index contributed by atoms with van der Waals surface area (Å²) in [6.45, 7) is 4.75. The van der Waals surface area contributed by atoms with E-state index in [1.165, 1.54) is 128 Å². The van der Waals surface area contributed by atoms with Gasteiger partial charge in [-0.1, -0.05) is 210 Å². The number of likely N-dealkylation sites (N-methyl/N-ethyl adjacent to an activating group) is 1. The molecule has 352 valence electrons. The van der Waals surface area contributed by atoms with Crippen molar-refractivity contribution in [1.82, 2.24) is 5.32 Å². The van der Waals surface area contributed by atoms with Crippen LogP contribution in [0.3, 0.4) is 0 Å². The fourth-order valence-electron chi connectivity index (χ4n) is 7.16. The highest BCUT2D eigenvalue weighted by Gasteiger charge is 2.28. The molecule has 0 bridgehead atoms. The highest BCUT2D eigenvalue weighted by atomic mass is 31.2. The second kappa shape index (κ2) is 42.7. The van der Waals surface area contributed by atoms with Crippen molar-refractivity contribution >= 4 is 13.7 Å².